The molecular weight excluding hydrogens is 358 g/mol. The number of aromatic nitrogens is 2. The van der Waals surface area contributed by atoms with Gasteiger partial charge in [-0.05, 0) is 30.3 Å². The molecule has 0 bridgehead atoms. The smallest absolute Gasteiger partial charge is 0.274 e. The second kappa shape index (κ2) is 8.51. The Morgan fingerprint density at radius 3 is 2.64 bits per heavy atom. The van der Waals surface area contributed by atoms with Crippen LogP contribution in [0, 0.1) is 11.3 Å². The van der Waals surface area contributed by atoms with E-state index in [-0.39, 0.29) is 11.6 Å². The van der Waals surface area contributed by atoms with E-state index < -0.39 is 5.91 Å². The summed E-state index contributed by atoms with van der Waals surface area (Å²) in [6.07, 6.45) is 1.46. The Morgan fingerprint density at radius 2 is 1.89 bits per heavy atom. The zero-order valence-corrected chi connectivity index (χ0v) is 15.3. The molecule has 2 N–H and O–H groups in total. The monoisotopic (exact) mass is 375 g/mol. The first-order chi connectivity index (χ1) is 13.6. The lowest BCUT2D eigenvalue weighted by atomic mass is 10.2. The molecule has 1 heterocycles. The van der Waals surface area contributed by atoms with E-state index in [1.54, 1.807) is 49.6 Å². The second-order valence-electron chi connectivity index (χ2n) is 5.57. The lowest BCUT2D eigenvalue weighted by Gasteiger charge is -2.12. The third-order valence-electron chi connectivity index (χ3n) is 3.84. The second-order valence-corrected chi connectivity index (χ2v) is 5.57. The van der Waals surface area contributed by atoms with E-state index in [1.807, 2.05) is 0 Å². The topological polar surface area (TPSA) is 109 Å². The highest BCUT2D eigenvalue weighted by molar-refractivity contribution is 6.03. The van der Waals surface area contributed by atoms with Crippen LogP contribution in [-0.2, 0) is 0 Å². The average Bonchev–Trinajstić information content (AvgIpc) is 2.74. The minimum Gasteiger partial charge on any atom is -0.497 e. The number of carbonyl (C=O) groups excluding carboxylic acids is 1. The van der Waals surface area contributed by atoms with E-state index in [0.717, 1.165) is 0 Å². The van der Waals surface area contributed by atoms with Gasteiger partial charge < -0.3 is 20.1 Å². The van der Waals surface area contributed by atoms with Gasteiger partial charge in [-0.1, -0.05) is 12.1 Å². The number of benzene rings is 2. The quantitative estimate of drug-likeness (QED) is 0.680. The summed E-state index contributed by atoms with van der Waals surface area (Å²) in [5.41, 5.74) is 1.64. The molecule has 0 unspecified atom stereocenters. The number of nitrogens with one attached hydrogen (secondary N) is 2. The highest BCUT2D eigenvalue weighted by atomic mass is 16.5. The van der Waals surface area contributed by atoms with E-state index in [2.05, 4.69) is 26.7 Å². The molecule has 0 aliphatic carbocycles. The van der Waals surface area contributed by atoms with Crippen molar-refractivity contribution in [1.82, 2.24) is 9.97 Å². The molecule has 0 atom stereocenters. The van der Waals surface area contributed by atoms with Crippen molar-refractivity contribution in [3.8, 4) is 17.6 Å². The number of carbonyl (C=O) groups is 1. The van der Waals surface area contributed by atoms with E-state index in [4.69, 9.17) is 9.47 Å². The average molecular weight is 375 g/mol. The number of nitriles is 1. The van der Waals surface area contributed by atoms with Crippen molar-refractivity contribution in [2.45, 2.75) is 0 Å². The number of hydrogen-bond acceptors (Lipinski definition) is 7. The molecule has 0 spiro atoms. The first-order valence-electron chi connectivity index (χ1n) is 8.27. The molecule has 0 saturated heterocycles. The van der Waals surface area contributed by atoms with Crippen LogP contribution in [0.25, 0.3) is 0 Å². The third-order valence-corrected chi connectivity index (χ3v) is 3.84. The summed E-state index contributed by atoms with van der Waals surface area (Å²) in [4.78, 5) is 20.9. The Morgan fingerprint density at radius 1 is 1.07 bits per heavy atom. The molecule has 3 aromatic rings. The van der Waals surface area contributed by atoms with E-state index in [0.29, 0.717) is 28.4 Å². The van der Waals surface area contributed by atoms with Crippen molar-refractivity contribution in [2.24, 2.45) is 0 Å². The fourth-order valence-corrected chi connectivity index (χ4v) is 2.44. The maximum absolute atomic E-state index is 12.6. The summed E-state index contributed by atoms with van der Waals surface area (Å²) in [6.45, 7) is 0. The fourth-order valence-electron chi connectivity index (χ4n) is 2.44. The number of rotatable bonds is 6. The fraction of sp³-hybridized carbons (Fsp3) is 0.100. The van der Waals surface area contributed by atoms with Crippen LogP contribution in [0.5, 0.6) is 11.5 Å². The van der Waals surface area contributed by atoms with Crippen LogP contribution < -0.4 is 20.1 Å². The number of amides is 1. The summed E-state index contributed by atoms with van der Waals surface area (Å²) in [6, 6.07) is 15.6. The largest absolute Gasteiger partial charge is 0.497 e. The third kappa shape index (κ3) is 4.16. The summed E-state index contributed by atoms with van der Waals surface area (Å²) in [5, 5.41) is 14.9. The predicted octanol–water partition coefficient (Wildman–Crippen LogP) is 3.36. The van der Waals surface area contributed by atoms with Crippen molar-refractivity contribution in [3.63, 3.8) is 0 Å². The highest BCUT2D eigenvalue weighted by Crippen LogP contribution is 2.29. The van der Waals surface area contributed by atoms with Gasteiger partial charge >= 0.3 is 0 Å². The van der Waals surface area contributed by atoms with Gasteiger partial charge in [0, 0.05) is 12.3 Å². The Kier molecular flexibility index (Phi) is 5.67. The van der Waals surface area contributed by atoms with Crippen molar-refractivity contribution in [1.29, 1.82) is 5.26 Å². The molecule has 8 nitrogen and oxygen atoms in total. The van der Waals surface area contributed by atoms with Crippen LogP contribution in [-0.4, -0.2) is 30.1 Å². The first-order valence-corrected chi connectivity index (χ1v) is 8.27. The molecule has 1 amide bonds. The zero-order chi connectivity index (χ0) is 19.9. The van der Waals surface area contributed by atoms with Crippen LogP contribution in [0.2, 0.25) is 0 Å². The maximum atomic E-state index is 12.6. The molecular formula is C20H17N5O3. The van der Waals surface area contributed by atoms with Gasteiger partial charge in [-0.2, -0.15) is 5.26 Å². The number of anilines is 3. The molecule has 140 valence electrons. The van der Waals surface area contributed by atoms with Crippen molar-refractivity contribution >= 4 is 23.2 Å². The number of para-hydroxylation sites is 1. The van der Waals surface area contributed by atoms with Gasteiger partial charge in [0.2, 0.25) is 5.95 Å². The summed E-state index contributed by atoms with van der Waals surface area (Å²) in [7, 11) is 3.05. The van der Waals surface area contributed by atoms with Crippen LogP contribution in [0.4, 0.5) is 17.3 Å². The molecule has 0 fully saturated rings. The van der Waals surface area contributed by atoms with E-state index in [1.165, 1.54) is 19.4 Å². The van der Waals surface area contributed by atoms with E-state index in [9.17, 15) is 10.1 Å². The first kappa shape index (κ1) is 18.7. The van der Waals surface area contributed by atoms with Gasteiger partial charge in [0.15, 0.2) is 0 Å². The molecule has 0 aliphatic heterocycles. The number of methoxy groups -OCH3 is 2. The Hall–Kier alpha value is -4.12. The highest BCUT2D eigenvalue weighted by Gasteiger charge is 2.13. The molecule has 0 aliphatic rings. The minimum atomic E-state index is -0.428. The number of hydrogen-bond donors (Lipinski definition) is 2. The Bertz CT molecular complexity index is 1050. The molecule has 0 saturated carbocycles. The Balaban J connectivity index is 1.80. The summed E-state index contributed by atoms with van der Waals surface area (Å²) < 4.78 is 10.4. The normalized spacial score (nSPS) is 9.89. The Labute approximate surface area is 161 Å². The van der Waals surface area contributed by atoms with Gasteiger partial charge in [-0.25, -0.2) is 9.97 Å². The summed E-state index contributed by atoms with van der Waals surface area (Å²) >= 11 is 0. The van der Waals surface area contributed by atoms with Gasteiger partial charge in [-0.3, -0.25) is 4.79 Å². The molecule has 1 aromatic heterocycles. The SMILES string of the molecule is COc1ccc(NC(=O)c2ccnc(Nc3ccccc3C#N)n2)c(OC)c1. The van der Waals surface area contributed by atoms with Crippen molar-refractivity contribution in [2.75, 3.05) is 24.9 Å². The minimum absolute atomic E-state index is 0.157. The van der Waals surface area contributed by atoms with Crippen molar-refractivity contribution < 1.29 is 14.3 Å². The van der Waals surface area contributed by atoms with Crippen LogP contribution in [0.1, 0.15) is 16.1 Å². The lowest BCUT2D eigenvalue weighted by molar-refractivity contribution is 0.102. The zero-order valence-electron chi connectivity index (χ0n) is 15.3. The van der Waals surface area contributed by atoms with Gasteiger partial charge in [-0.15, -0.1) is 0 Å². The summed E-state index contributed by atoms with van der Waals surface area (Å²) in [5.74, 6) is 0.849. The van der Waals surface area contributed by atoms with Crippen LogP contribution >= 0.6 is 0 Å². The van der Waals surface area contributed by atoms with E-state index >= 15 is 0 Å². The van der Waals surface area contributed by atoms with Crippen molar-refractivity contribution in [3.05, 3.63) is 66.0 Å². The lowest BCUT2D eigenvalue weighted by Crippen LogP contribution is -2.15. The van der Waals surface area contributed by atoms with Crippen LogP contribution in [0.3, 0.4) is 0 Å². The number of ether oxygens (including phenoxy) is 2. The number of nitrogens with zero attached hydrogens (tertiary/aromatic N) is 3. The molecule has 3 rings (SSSR count). The van der Waals surface area contributed by atoms with Gasteiger partial charge in [0.1, 0.15) is 23.3 Å². The van der Waals surface area contributed by atoms with Gasteiger partial charge in [0.05, 0.1) is 31.2 Å². The molecule has 2 aromatic carbocycles. The predicted molar refractivity (Wildman–Crippen MR) is 104 cm³/mol. The molecule has 28 heavy (non-hydrogen) atoms. The van der Waals surface area contributed by atoms with Gasteiger partial charge in [0.25, 0.3) is 5.91 Å². The van der Waals surface area contributed by atoms with Crippen LogP contribution in [0.15, 0.2) is 54.7 Å². The molecule has 0 radical (unpaired) electrons. The standard InChI is InChI=1S/C20H17N5O3/c1-27-14-7-8-16(18(11-14)28-2)23-19(26)17-9-10-22-20(25-17)24-15-6-4-3-5-13(15)12-21/h3-11H,1-2H3,(H,23,26)(H,22,24,25). The molecule has 8 heteroatoms. The maximum Gasteiger partial charge on any atom is 0.274 e.